The maximum absolute atomic E-state index is 13.7. The van der Waals surface area contributed by atoms with Crippen molar-refractivity contribution in [2.45, 2.75) is 25.7 Å². The van der Waals surface area contributed by atoms with Crippen molar-refractivity contribution in [1.29, 1.82) is 0 Å². The van der Waals surface area contributed by atoms with Gasteiger partial charge in [0.15, 0.2) is 0 Å². The Bertz CT molecular complexity index is 783. The number of amides is 2. The van der Waals surface area contributed by atoms with E-state index < -0.39 is 23.2 Å². The van der Waals surface area contributed by atoms with Crippen LogP contribution in [0.3, 0.4) is 0 Å². The second-order valence-corrected chi connectivity index (χ2v) is 6.73. The average molecular weight is 372 g/mol. The molecule has 0 spiro atoms. The molecular weight excluding hydrogens is 350 g/mol. The first kappa shape index (κ1) is 19.0. The lowest BCUT2D eigenvalue weighted by Crippen LogP contribution is -2.41. The van der Waals surface area contributed by atoms with Crippen molar-refractivity contribution in [3.8, 4) is 0 Å². The van der Waals surface area contributed by atoms with Crippen molar-refractivity contribution in [3.63, 3.8) is 0 Å². The fourth-order valence-corrected chi connectivity index (χ4v) is 3.29. The van der Waals surface area contributed by atoms with Gasteiger partial charge in [0.1, 0.15) is 17.3 Å². The topological polar surface area (TPSA) is 49.4 Å². The average Bonchev–Trinajstić information content (AvgIpc) is 2.70. The van der Waals surface area contributed by atoms with Gasteiger partial charge in [-0.3, -0.25) is 9.59 Å². The van der Waals surface area contributed by atoms with Gasteiger partial charge in [0.2, 0.25) is 11.8 Å². The summed E-state index contributed by atoms with van der Waals surface area (Å²) in [6, 6.07) is 13.3. The van der Waals surface area contributed by atoms with Gasteiger partial charge in [-0.2, -0.15) is 0 Å². The van der Waals surface area contributed by atoms with E-state index in [1.807, 2.05) is 30.3 Å². The molecule has 6 heteroatoms. The van der Waals surface area contributed by atoms with E-state index in [1.54, 1.807) is 4.90 Å². The number of hydrogen-bond donors (Lipinski definition) is 1. The summed E-state index contributed by atoms with van der Waals surface area (Å²) in [7, 11) is 0. The molecule has 0 bridgehead atoms. The minimum atomic E-state index is -0.795. The molecule has 2 aromatic carbocycles. The van der Waals surface area contributed by atoms with E-state index in [1.165, 1.54) is 6.07 Å². The Labute approximate surface area is 157 Å². The largest absolute Gasteiger partial charge is 0.343 e. The number of piperidine rings is 1. The van der Waals surface area contributed by atoms with E-state index in [-0.39, 0.29) is 11.8 Å². The molecule has 4 nitrogen and oxygen atoms in total. The maximum atomic E-state index is 13.7. The summed E-state index contributed by atoms with van der Waals surface area (Å²) < 4.78 is 27.3. The van der Waals surface area contributed by atoms with Crippen LogP contribution in [0.25, 0.3) is 0 Å². The first-order valence-electron chi connectivity index (χ1n) is 9.11. The van der Waals surface area contributed by atoms with Crippen LogP contribution in [0, 0.1) is 17.6 Å². The van der Waals surface area contributed by atoms with Crippen LogP contribution in [-0.2, 0) is 16.0 Å². The summed E-state index contributed by atoms with van der Waals surface area (Å²) in [5, 5.41) is 2.35. The molecule has 1 saturated heterocycles. The third kappa shape index (κ3) is 4.90. The van der Waals surface area contributed by atoms with Crippen molar-refractivity contribution in [2.24, 2.45) is 5.92 Å². The van der Waals surface area contributed by atoms with Gasteiger partial charge in [0.25, 0.3) is 0 Å². The van der Waals surface area contributed by atoms with E-state index in [0.29, 0.717) is 38.8 Å². The number of rotatable bonds is 5. The second-order valence-electron chi connectivity index (χ2n) is 6.73. The van der Waals surface area contributed by atoms with Crippen LogP contribution in [0.5, 0.6) is 0 Å². The molecule has 1 N–H and O–H groups in total. The highest BCUT2D eigenvalue weighted by Crippen LogP contribution is 2.23. The third-order valence-electron chi connectivity index (χ3n) is 4.90. The number of carbonyl (C=O) groups is 2. The summed E-state index contributed by atoms with van der Waals surface area (Å²) in [4.78, 5) is 26.4. The molecule has 0 aliphatic carbocycles. The van der Waals surface area contributed by atoms with Crippen molar-refractivity contribution in [1.82, 2.24) is 4.90 Å². The van der Waals surface area contributed by atoms with Gasteiger partial charge >= 0.3 is 0 Å². The van der Waals surface area contributed by atoms with Crippen molar-refractivity contribution < 1.29 is 18.4 Å². The summed E-state index contributed by atoms with van der Waals surface area (Å²) in [5.41, 5.74) is 0.705. The Morgan fingerprint density at radius 2 is 1.59 bits per heavy atom. The maximum Gasteiger partial charge on any atom is 0.227 e. The Balaban J connectivity index is 1.48. The number of halogens is 2. The van der Waals surface area contributed by atoms with Crippen LogP contribution < -0.4 is 5.32 Å². The summed E-state index contributed by atoms with van der Waals surface area (Å²) in [6.45, 7) is 0.955. The minimum Gasteiger partial charge on any atom is -0.343 e. The molecule has 2 aromatic rings. The van der Waals surface area contributed by atoms with Gasteiger partial charge in [-0.15, -0.1) is 0 Å². The number of nitrogens with zero attached hydrogens (tertiary/aromatic N) is 1. The molecule has 2 amide bonds. The Hall–Kier alpha value is -2.76. The van der Waals surface area contributed by atoms with Gasteiger partial charge in [0, 0.05) is 25.4 Å². The zero-order chi connectivity index (χ0) is 19.2. The molecule has 1 heterocycles. The Morgan fingerprint density at radius 3 is 2.22 bits per heavy atom. The molecule has 1 aliphatic rings. The van der Waals surface area contributed by atoms with E-state index >= 15 is 0 Å². The normalized spacial score (nSPS) is 14.8. The quantitative estimate of drug-likeness (QED) is 0.869. The van der Waals surface area contributed by atoms with Crippen LogP contribution in [-0.4, -0.2) is 29.8 Å². The first-order valence-corrected chi connectivity index (χ1v) is 9.11. The number of aryl methyl sites for hydroxylation is 1. The highest BCUT2D eigenvalue weighted by Gasteiger charge is 2.28. The molecule has 0 saturated carbocycles. The van der Waals surface area contributed by atoms with Crippen molar-refractivity contribution >= 4 is 17.5 Å². The zero-order valence-corrected chi connectivity index (χ0v) is 15.0. The molecule has 142 valence electrons. The molecule has 3 rings (SSSR count). The summed E-state index contributed by atoms with van der Waals surface area (Å²) in [6.07, 6.45) is 2.09. The SMILES string of the molecule is O=C(Nc1c(F)cccc1F)C1CCN(C(=O)CCc2ccccc2)CC1. The molecule has 27 heavy (non-hydrogen) atoms. The van der Waals surface area contributed by atoms with Crippen LogP contribution in [0.4, 0.5) is 14.5 Å². The van der Waals surface area contributed by atoms with Crippen molar-refractivity contribution in [3.05, 3.63) is 65.7 Å². The smallest absolute Gasteiger partial charge is 0.227 e. The number of anilines is 1. The number of benzene rings is 2. The Kier molecular flexibility index (Phi) is 6.16. The minimum absolute atomic E-state index is 0.0675. The van der Waals surface area contributed by atoms with Gasteiger partial charge in [-0.1, -0.05) is 36.4 Å². The lowest BCUT2D eigenvalue weighted by atomic mass is 9.95. The van der Waals surface area contributed by atoms with Gasteiger partial charge in [-0.05, 0) is 37.0 Å². The predicted molar refractivity (Wildman–Crippen MR) is 99.1 cm³/mol. The van der Waals surface area contributed by atoms with Crippen LogP contribution in [0.1, 0.15) is 24.8 Å². The molecule has 1 aliphatic heterocycles. The predicted octanol–water partition coefficient (Wildman–Crippen LogP) is 3.77. The molecule has 1 fully saturated rings. The van der Waals surface area contributed by atoms with E-state index in [4.69, 9.17) is 0 Å². The monoisotopic (exact) mass is 372 g/mol. The summed E-state index contributed by atoms with van der Waals surface area (Å²) >= 11 is 0. The van der Waals surface area contributed by atoms with Gasteiger partial charge in [-0.25, -0.2) is 8.78 Å². The van der Waals surface area contributed by atoms with E-state index in [0.717, 1.165) is 17.7 Å². The highest BCUT2D eigenvalue weighted by molar-refractivity contribution is 5.93. The second kappa shape index (κ2) is 8.75. The highest BCUT2D eigenvalue weighted by atomic mass is 19.1. The molecule has 0 aromatic heterocycles. The zero-order valence-electron chi connectivity index (χ0n) is 15.0. The number of nitrogens with one attached hydrogen (secondary N) is 1. The molecule has 0 unspecified atom stereocenters. The lowest BCUT2D eigenvalue weighted by molar-refractivity contribution is -0.134. The number of para-hydroxylation sites is 1. The fourth-order valence-electron chi connectivity index (χ4n) is 3.29. The number of likely N-dealkylation sites (tertiary alicyclic amines) is 1. The number of carbonyl (C=O) groups excluding carboxylic acids is 2. The number of hydrogen-bond acceptors (Lipinski definition) is 2. The van der Waals surface area contributed by atoms with Crippen LogP contribution in [0.2, 0.25) is 0 Å². The van der Waals surface area contributed by atoms with Crippen LogP contribution >= 0.6 is 0 Å². The molecule has 0 atom stereocenters. The van der Waals surface area contributed by atoms with Gasteiger partial charge in [0.05, 0.1) is 0 Å². The first-order chi connectivity index (χ1) is 13.0. The Morgan fingerprint density at radius 1 is 0.963 bits per heavy atom. The lowest BCUT2D eigenvalue weighted by Gasteiger charge is -2.31. The third-order valence-corrected chi connectivity index (χ3v) is 4.90. The molecule has 0 radical (unpaired) electrons. The molecular formula is C21H22F2N2O2. The van der Waals surface area contributed by atoms with Crippen molar-refractivity contribution in [2.75, 3.05) is 18.4 Å². The standard InChI is InChI=1S/C21H22F2N2O2/c22-17-7-4-8-18(23)20(17)24-21(27)16-11-13-25(14-12-16)19(26)10-9-15-5-2-1-3-6-15/h1-8,16H,9-14H2,(H,24,27). The van der Waals surface area contributed by atoms with Gasteiger partial charge < -0.3 is 10.2 Å². The fraction of sp³-hybridized carbons (Fsp3) is 0.333. The summed E-state index contributed by atoms with van der Waals surface area (Å²) in [5.74, 6) is -2.29. The van der Waals surface area contributed by atoms with E-state index in [9.17, 15) is 18.4 Å². The van der Waals surface area contributed by atoms with E-state index in [2.05, 4.69) is 5.32 Å². The van der Waals surface area contributed by atoms with Crippen LogP contribution in [0.15, 0.2) is 48.5 Å².